The SMILES string of the molecule is CCNCc1cc(OC)c2c(c1OC)CC(CC)N(CC)C2. The molecule has 0 bridgehead atoms. The Bertz CT molecular complexity index is 502. The fourth-order valence-corrected chi connectivity index (χ4v) is 3.48. The van der Waals surface area contributed by atoms with Crippen LogP contribution in [-0.4, -0.2) is 38.3 Å². The Labute approximate surface area is 134 Å². The molecule has 2 rings (SSSR count). The van der Waals surface area contributed by atoms with E-state index in [0.717, 1.165) is 50.5 Å². The minimum Gasteiger partial charge on any atom is -0.496 e. The number of hydrogen-bond acceptors (Lipinski definition) is 4. The molecule has 1 atom stereocenters. The molecule has 22 heavy (non-hydrogen) atoms. The Morgan fingerprint density at radius 1 is 1.18 bits per heavy atom. The maximum absolute atomic E-state index is 5.79. The van der Waals surface area contributed by atoms with Crippen molar-refractivity contribution >= 4 is 0 Å². The van der Waals surface area contributed by atoms with E-state index < -0.39 is 0 Å². The van der Waals surface area contributed by atoms with Crippen molar-refractivity contribution in [1.82, 2.24) is 10.2 Å². The molecule has 0 aromatic heterocycles. The van der Waals surface area contributed by atoms with Gasteiger partial charge in [-0.15, -0.1) is 0 Å². The first-order chi connectivity index (χ1) is 10.7. The summed E-state index contributed by atoms with van der Waals surface area (Å²) < 4.78 is 11.5. The summed E-state index contributed by atoms with van der Waals surface area (Å²) in [5.41, 5.74) is 3.83. The van der Waals surface area contributed by atoms with Crippen molar-refractivity contribution in [1.29, 1.82) is 0 Å². The zero-order chi connectivity index (χ0) is 16.1. The van der Waals surface area contributed by atoms with Gasteiger partial charge in [0.25, 0.3) is 0 Å². The monoisotopic (exact) mass is 306 g/mol. The number of hydrogen-bond donors (Lipinski definition) is 1. The highest BCUT2D eigenvalue weighted by Gasteiger charge is 2.30. The smallest absolute Gasteiger partial charge is 0.127 e. The number of benzene rings is 1. The van der Waals surface area contributed by atoms with Crippen molar-refractivity contribution in [3.8, 4) is 11.5 Å². The molecule has 0 radical (unpaired) electrons. The summed E-state index contributed by atoms with van der Waals surface area (Å²) >= 11 is 0. The lowest BCUT2D eigenvalue weighted by Crippen LogP contribution is -2.40. The van der Waals surface area contributed by atoms with Gasteiger partial charge < -0.3 is 14.8 Å². The number of methoxy groups -OCH3 is 2. The van der Waals surface area contributed by atoms with Crippen molar-refractivity contribution in [2.75, 3.05) is 27.3 Å². The van der Waals surface area contributed by atoms with E-state index in [-0.39, 0.29) is 0 Å². The molecule has 0 aliphatic carbocycles. The first-order valence-electron chi connectivity index (χ1n) is 8.40. The molecule has 0 fully saturated rings. The van der Waals surface area contributed by atoms with Gasteiger partial charge in [-0.25, -0.2) is 0 Å². The van der Waals surface area contributed by atoms with E-state index in [2.05, 4.69) is 37.1 Å². The third kappa shape index (κ3) is 3.23. The highest BCUT2D eigenvalue weighted by molar-refractivity contribution is 5.55. The maximum atomic E-state index is 5.79. The molecule has 0 spiro atoms. The van der Waals surface area contributed by atoms with Crippen LogP contribution in [0.3, 0.4) is 0 Å². The molecule has 4 nitrogen and oxygen atoms in total. The lowest BCUT2D eigenvalue weighted by molar-refractivity contribution is 0.171. The Hall–Kier alpha value is -1.26. The number of likely N-dealkylation sites (N-methyl/N-ethyl adjacent to an activating group) is 1. The maximum Gasteiger partial charge on any atom is 0.127 e. The van der Waals surface area contributed by atoms with E-state index in [1.165, 1.54) is 16.7 Å². The van der Waals surface area contributed by atoms with Crippen molar-refractivity contribution in [2.45, 2.75) is 52.7 Å². The van der Waals surface area contributed by atoms with Gasteiger partial charge in [-0.1, -0.05) is 20.8 Å². The molecule has 1 unspecified atom stereocenters. The van der Waals surface area contributed by atoms with E-state index in [1.807, 2.05) is 0 Å². The Balaban J connectivity index is 2.49. The zero-order valence-corrected chi connectivity index (χ0v) is 14.7. The highest BCUT2D eigenvalue weighted by Crippen LogP contribution is 2.40. The van der Waals surface area contributed by atoms with Crippen LogP contribution in [0.1, 0.15) is 43.9 Å². The summed E-state index contributed by atoms with van der Waals surface area (Å²) in [5, 5.41) is 3.40. The topological polar surface area (TPSA) is 33.7 Å². The van der Waals surface area contributed by atoms with Gasteiger partial charge in [0.2, 0.25) is 0 Å². The lowest BCUT2D eigenvalue weighted by Gasteiger charge is -2.37. The summed E-state index contributed by atoms with van der Waals surface area (Å²) in [4.78, 5) is 2.54. The summed E-state index contributed by atoms with van der Waals surface area (Å²) in [7, 11) is 3.55. The summed E-state index contributed by atoms with van der Waals surface area (Å²) in [6.07, 6.45) is 2.20. The number of nitrogens with one attached hydrogen (secondary N) is 1. The van der Waals surface area contributed by atoms with Crippen molar-refractivity contribution in [3.05, 3.63) is 22.8 Å². The van der Waals surface area contributed by atoms with Crippen molar-refractivity contribution in [2.24, 2.45) is 0 Å². The molecular weight excluding hydrogens is 276 g/mol. The molecule has 1 aliphatic heterocycles. The van der Waals surface area contributed by atoms with E-state index >= 15 is 0 Å². The normalized spacial score (nSPS) is 18.1. The molecule has 1 aromatic carbocycles. The molecule has 0 saturated heterocycles. The van der Waals surface area contributed by atoms with Gasteiger partial charge in [-0.05, 0) is 32.0 Å². The zero-order valence-electron chi connectivity index (χ0n) is 14.7. The second-order valence-electron chi connectivity index (χ2n) is 5.84. The third-order valence-electron chi connectivity index (χ3n) is 4.72. The first kappa shape index (κ1) is 17.1. The van der Waals surface area contributed by atoms with E-state index in [4.69, 9.17) is 9.47 Å². The van der Waals surface area contributed by atoms with Crippen LogP contribution in [0.15, 0.2) is 6.07 Å². The van der Waals surface area contributed by atoms with Gasteiger partial charge in [-0.2, -0.15) is 0 Å². The predicted octanol–water partition coefficient (Wildman–Crippen LogP) is 2.97. The molecule has 1 aromatic rings. The second-order valence-corrected chi connectivity index (χ2v) is 5.84. The lowest BCUT2D eigenvalue weighted by atomic mass is 9.89. The largest absolute Gasteiger partial charge is 0.496 e. The van der Waals surface area contributed by atoms with Crippen LogP contribution < -0.4 is 14.8 Å². The molecule has 1 aliphatic rings. The minimum atomic E-state index is 0.588. The minimum absolute atomic E-state index is 0.588. The third-order valence-corrected chi connectivity index (χ3v) is 4.72. The molecule has 1 heterocycles. The molecule has 4 heteroatoms. The average Bonchev–Trinajstić information content (AvgIpc) is 2.57. The second kappa shape index (κ2) is 7.84. The van der Waals surface area contributed by atoms with Gasteiger partial charge in [0.1, 0.15) is 11.5 Å². The van der Waals surface area contributed by atoms with Gasteiger partial charge in [0.15, 0.2) is 0 Å². The number of fused-ring (bicyclic) bond motifs is 1. The summed E-state index contributed by atoms with van der Waals surface area (Å²) in [6, 6.07) is 2.73. The fourth-order valence-electron chi connectivity index (χ4n) is 3.48. The van der Waals surface area contributed by atoms with E-state index in [9.17, 15) is 0 Å². The van der Waals surface area contributed by atoms with E-state index in [0.29, 0.717) is 6.04 Å². The number of ether oxygens (including phenoxy) is 2. The van der Waals surface area contributed by atoms with Crippen LogP contribution in [0.25, 0.3) is 0 Å². The standard InChI is InChI=1S/C18H30N2O2/c1-6-14-10-15-16(12-20(14)8-3)17(21-4)9-13(11-19-7-2)18(15)22-5/h9,14,19H,6-8,10-12H2,1-5H3. The highest BCUT2D eigenvalue weighted by atomic mass is 16.5. The molecular formula is C18H30N2O2. The van der Waals surface area contributed by atoms with Crippen LogP contribution in [0.4, 0.5) is 0 Å². The Kier molecular flexibility index (Phi) is 6.09. The van der Waals surface area contributed by atoms with Gasteiger partial charge in [0.05, 0.1) is 14.2 Å². The quantitative estimate of drug-likeness (QED) is 0.840. The van der Waals surface area contributed by atoms with Gasteiger partial charge in [0, 0.05) is 35.8 Å². The van der Waals surface area contributed by atoms with Crippen LogP contribution in [0, 0.1) is 0 Å². The van der Waals surface area contributed by atoms with Crippen LogP contribution >= 0.6 is 0 Å². The molecule has 0 amide bonds. The predicted molar refractivity (Wildman–Crippen MR) is 90.8 cm³/mol. The molecule has 1 N–H and O–H groups in total. The fraction of sp³-hybridized carbons (Fsp3) is 0.667. The molecule has 124 valence electrons. The Morgan fingerprint density at radius 2 is 1.95 bits per heavy atom. The van der Waals surface area contributed by atoms with Gasteiger partial charge >= 0.3 is 0 Å². The van der Waals surface area contributed by atoms with E-state index in [1.54, 1.807) is 14.2 Å². The van der Waals surface area contributed by atoms with Crippen molar-refractivity contribution in [3.63, 3.8) is 0 Å². The molecule has 0 saturated carbocycles. The summed E-state index contributed by atoms with van der Waals surface area (Å²) in [5.74, 6) is 2.04. The van der Waals surface area contributed by atoms with Crippen molar-refractivity contribution < 1.29 is 9.47 Å². The first-order valence-corrected chi connectivity index (χ1v) is 8.40. The van der Waals surface area contributed by atoms with Crippen LogP contribution in [-0.2, 0) is 19.5 Å². The average molecular weight is 306 g/mol. The number of rotatable bonds is 7. The van der Waals surface area contributed by atoms with Crippen LogP contribution in [0.5, 0.6) is 11.5 Å². The Morgan fingerprint density at radius 3 is 2.50 bits per heavy atom. The summed E-state index contributed by atoms with van der Waals surface area (Å²) in [6.45, 7) is 10.4. The van der Waals surface area contributed by atoms with Crippen LogP contribution in [0.2, 0.25) is 0 Å². The van der Waals surface area contributed by atoms with Gasteiger partial charge in [-0.3, -0.25) is 4.90 Å². The number of nitrogens with zero attached hydrogens (tertiary/aromatic N) is 1.